The standard InChI is InChI=1S/C16H24N2O3/c1-16(2,3)14(12-8-5-4-6-9-12)18-15(21)17-11-7-10-13(19)20/h4-6,8-9,14H,7,10-11H2,1-3H3,(H,19,20)(H2,17,18,21). The summed E-state index contributed by atoms with van der Waals surface area (Å²) in [5.74, 6) is -0.853. The van der Waals surface area contributed by atoms with Crippen molar-refractivity contribution in [1.29, 1.82) is 0 Å². The van der Waals surface area contributed by atoms with E-state index in [-0.39, 0.29) is 23.9 Å². The van der Waals surface area contributed by atoms with Crippen LogP contribution in [0.2, 0.25) is 0 Å². The third kappa shape index (κ3) is 6.29. The Kier molecular flexibility index (Phi) is 6.21. The molecule has 21 heavy (non-hydrogen) atoms. The van der Waals surface area contributed by atoms with Crippen LogP contribution in [-0.4, -0.2) is 23.7 Å². The van der Waals surface area contributed by atoms with Gasteiger partial charge >= 0.3 is 12.0 Å². The number of benzene rings is 1. The summed E-state index contributed by atoms with van der Waals surface area (Å²) >= 11 is 0. The van der Waals surface area contributed by atoms with Crippen molar-refractivity contribution in [3.63, 3.8) is 0 Å². The van der Waals surface area contributed by atoms with E-state index in [1.165, 1.54) is 0 Å². The Morgan fingerprint density at radius 3 is 2.33 bits per heavy atom. The molecule has 5 heteroatoms. The van der Waals surface area contributed by atoms with Crippen LogP contribution in [0, 0.1) is 5.41 Å². The number of hydrogen-bond donors (Lipinski definition) is 3. The van der Waals surface area contributed by atoms with E-state index in [1.807, 2.05) is 30.3 Å². The van der Waals surface area contributed by atoms with Crippen LogP contribution < -0.4 is 10.6 Å². The van der Waals surface area contributed by atoms with Crippen molar-refractivity contribution in [2.45, 2.75) is 39.7 Å². The van der Waals surface area contributed by atoms with Gasteiger partial charge in [-0.2, -0.15) is 0 Å². The minimum absolute atomic E-state index is 0.0572. The van der Waals surface area contributed by atoms with Crippen LogP contribution in [0.1, 0.15) is 45.2 Å². The summed E-state index contributed by atoms with van der Waals surface area (Å²) < 4.78 is 0. The van der Waals surface area contributed by atoms with Gasteiger partial charge in [0.2, 0.25) is 0 Å². The van der Waals surface area contributed by atoms with E-state index in [0.29, 0.717) is 13.0 Å². The molecule has 3 N–H and O–H groups in total. The topological polar surface area (TPSA) is 78.4 Å². The average molecular weight is 292 g/mol. The van der Waals surface area contributed by atoms with Crippen molar-refractivity contribution < 1.29 is 14.7 Å². The van der Waals surface area contributed by atoms with E-state index in [0.717, 1.165) is 5.56 Å². The maximum absolute atomic E-state index is 11.9. The van der Waals surface area contributed by atoms with Crippen molar-refractivity contribution >= 4 is 12.0 Å². The number of urea groups is 1. The molecule has 5 nitrogen and oxygen atoms in total. The molecule has 1 aromatic rings. The lowest BCUT2D eigenvalue weighted by Gasteiger charge is -2.32. The second-order valence-corrected chi connectivity index (χ2v) is 6.11. The lowest BCUT2D eigenvalue weighted by molar-refractivity contribution is -0.137. The highest BCUT2D eigenvalue weighted by molar-refractivity contribution is 5.74. The summed E-state index contributed by atoms with van der Waals surface area (Å²) in [5.41, 5.74) is 0.922. The predicted molar refractivity (Wildman–Crippen MR) is 82.0 cm³/mol. The Balaban J connectivity index is 2.58. The molecule has 0 aromatic heterocycles. The van der Waals surface area contributed by atoms with Gasteiger partial charge in [-0.3, -0.25) is 4.79 Å². The van der Waals surface area contributed by atoms with Gasteiger partial charge in [0.15, 0.2) is 0 Å². The number of amides is 2. The Hall–Kier alpha value is -2.04. The van der Waals surface area contributed by atoms with E-state index in [2.05, 4.69) is 31.4 Å². The molecule has 0 bridgehead atoms. The highest BCUT2D eigenvalue weighted by Crippen LogP contribution is 2.32. The van der Waals surface area contributed by atoms with Gasteiger partial charge < -0.3 is 15.7 Å². The maximum atomic E-state index is 11.9. The van der Waals surface area contributed by atoms with Crippen LogP contribution in [0.3, 0.4) is 0 Å². The lowest BCUT2D eigenvalue weighted by atomic mass is 9.82. The first-order valence-electron chi connectivity index (χ1n) is 7.12. The van der Waals surface area contributed by atoms with Crippen LogP contribution in [0.5, 0.6) is 0 Å². The summed E-state index contributed by atoms with van der Waals surface area (Å²) in [5, 5.41) is 14.2. The SMILES string of the molecule is CC(C)(C)C(NC(=O)NCCCC(=O)O)c1ccccc1. The third-order valence-corrected chi connectivity index (χ3v) is 3.13. The zero-order valence-corrected chi connectivity index (χ0v) is 12.8. The highest BCUT2D eigenvalue weighted by Gasteiger charge is 2.27. The first-order valence-corrected chi connectivity index (χ1v) is 7.12. The van der Waals surface area contributed by atoms with Crippen molar-refractivity contribution in [3.05, 3.63) is 35.9 Å². The van der Waals surface area contributed by atoms with E-state index < -0.39 is 5.97 Å². The molecule has 0 saturated heterocycles. The lowest BCUT2D eigenvalue weighted by Crippen LogP contribution is -2.42. The van der Waals surface area contributed by atoms with Crippen molar-refractivity contribution in [1.82, 2.24) is 10.6 Å². The minimum atomic E-state index is -0.853. The fourth-order valence-electron chi connectivity index (χ4n) is 2.07. The van der Waals surface area contributed by atoms with Gasteiger partial charge in [-0.05, 0) is 17.4 Å². The summed E-state index contributed by atoms with van der Waals surface area (Å²) in [7, 11) is 0. The van der Waals surface area contributed by atoms with Crippen LogP contribution in [-0.2, 0) is 4.79 Å². The third-order valence-electron chi connectivity index (χ3n) is 3.13. The molecule has 0 fully saturated rings. The minimum Gasteiger partial charge on any atom is -0.481 e. The van der Waals surface area contributed by atoms with Crippen LogP contribution in [0.25, 0.3) is 0 Å². The summed E-state index contributed by atoms with van der Waals surface area (Å²) in [6, 6.07) is 9.42. The Bertz CT molecular complexity index is 466. The van der Waals surface area contributed by atoms with E-state index in [9.17, 15) is 9.59 Å². The number of hydrogen-bond acceptors (Lipinski definition) is 2. The molecule has 1 aromatic carbocycles. The molecule has 0 aliphatic carbocycles. The van der Waals surface area contributed by atoms with Gasteiger partial charge in [0.25, 0.3) is 0 Å². The second-order valence-electron chi connectivity index (χ2n) is 6.11. The molecule has 1 atom stereocenters. The second kappa shape index (κ2) is 7.67. The Morgan fingerprint density at radius 2 is 1.81 bits per heavy atom. The first kappa shape index (κ1) is 17.0. The molecule has 0 heterocycles. The molecule has 116 valence electrons. The summed E-state index contributed by atoms with van der Waals surface area (Å²) in [6.45, 7) is 6.55. The van der Waals surface area contributed by atoms with Gasteiger partial charge in [-0.25, -0.2) is 4.79 Å². The number of rotatable bonds is 6. The number of nitrogens with one attached hydrogen (secondary N) is 2. The first-order chi connectivity index (χ1) is 9.80. The zero-order valence-electron chi connectivity index (χ0n) is 12.8. The van der Waals surface area contributed by atoms with Gasteiger partial charge in [0, 0.05) is 13.0 Å². The normalized spacial score (nSPS) is 12.5. The van der Waals surface area contributed by atoms with E-state index >= 15 is 0 Å². The smallest absolute Gasteiger partial charge is 0.315 e. The van der Waals surface area contributed by atoms with Crippen molar-refractivity contribution in [2.24, 2.45) is 5.41 Å². The molecule has 0 radical (unpaired) electrons. The number of aliphatic carboxylic acids is 1. The number of carboxylic acids is 1. The number of carboxylic acid groups (broad SMARTS) is 1. The zero-order chi connectivity index (χ0) is 15.9. The largest absolute Gasteiger partial charge is 0.481 e. The van der Waals surface area contributed by atoms with Crippen molar-refractivity contribution in [3.8, 4) is 0 Å². The number of carbonyl (C=O) groups excluding carboxylic acids is 1. The molecule has 1 rings (SSSR count). The quantitative estimate of drug-likeness (QED) is 0.705. The molecular formula is C16H24N2O3. The predicted octanol–water partition coefficient (Wildman–Crippen LogP) is 2.94. The van der Waals surface area contributed by atoms with Crippen LogP contribution in [0.15, 0.2) is 30.3 Å². The maximum Gasteiger partial charge on any atom is 0.315 e. The summed E-state index contributed by atoms with van der Waals surface area (Å²) in [6.07, 6.45) is 0.482. The van der Waals surface area contributed by atoms with Gasteiger partial charge in [0.1, 0.15) is 0 Å². The molecular weight excluding hydrogens is 268 g/mol. The Labute approximate surface area is 125 Å². The van der Waals surface area contributed by atoms with Crippen LogP contribution >= 0.6 is 0 Å². The molecule has 2 amide bonds. The average Bonchev–Trinajstić information content (AvgIpc) is 2.40. The van der Waals surface area contributed by atoms with Gasteiger partial charge in [-0.1, -0.05) is 51.1 Å². The van der Waals surface area contributed by atoms with Gasteiger partial charge in [-0.15, -0.1) is 0 Å². The van der Waals surface area contributed by atoms with Crippen molar-refractivity contribution in [2.75, 3.05) is 6.54 Å². The van der Waals surface area contributed by atoms with Gasteiger partial charge in [0.05, 0.1) is 6.04 Å². The molecule has 1 unspecified atom stereocenters. The van der Waals surface area contributed by atoms with E-state index in [4.69, 9.17) is 5.11 Å². The monoisotopic (exact) mass is 292 g/mol. The fourth-order valence-corrected chi connectivity index (χ4v) is 2.07. The fraction of sp³-hybridized carbons (Fsp3) is 0.500. The van der Waals surface area contributed by atoms with E-state index in [1.54, 1.807) is 0 Å². The molecule has 0 saturated carbocycles. The molecule has 0 aliphatic rings. The highest BCUT2D eigenvalue weighted by atomic mass is 16.4. The number of carbonyl (C=O) groups is 2. The Morgan fingerprint density at radius 1 is 1.19 bits per heavy atom. The molecule has 0 spiro atoms. The summed E-state index contributed by atoms with van der Waals surface area (Å²) in [4.78, 5) is 22.4. The molecule has 0 aliphatic heterocycles. The van der Waals surface area contributed by atoms with Crippen LogP contribution in [0.4, 0.5) is 4.79 Å².